The van der Waals surface area contributed by atoms with E-state index in [4.69, 9.17) is 9.47 Å². The van der Waals surface area contributed by atoms with Crippen LogP contribution >= 0.6 is 0 Å². The molecule has 2 fully saturated rings. The number of hydrogen-bond acceptors (Lipinski definition) is 5. The first-order chi connectivity index (χ1) is 18.1. The van der Waals surface area contributed by atoms with Gasteiger partial charge in [0.05, 0.1) is 35.5 Å². The topological polar surface area (TPSA) is 114 Å². The second-order valence-electron chi connectivity index (χ2n) is 11.4. The summed E-state index contributed by atoms with van der Waals surface area (Å²) in [7, 11) is 1.27. The number of methoxy groups -OCH3 is 1. The second-order valence-corrected chi connectivity index (χ2v) is 11.4. The van der Waals surface area contributed by atoms with Gasteiger partial charge < -0.3 is 25.2 Å². The monoisotopic (exact) mass is 560 g/mol. The Morgan fingerprint density at radius 3 is 2.28 bits per heavy atom. The van der Waals surface area contributed by atoms with Gasteiger partial charge in [0.15, 0.2) is 11.6 Å². The van der Waals surface area contributed by atoms with E-state index in [1.165, 1.54) is 13.2 Å². The zero-order chi connectivity index (χ0) is 29.2. The number of carboxylic acid groups (broad SMARTS) is 1. The number of amides is 2. The van der Waals surface area contributed by atoms with E-state index in [0.29, 0.717) is 44.9 Å². The van der Waals surface area contributed by atoms with Crippen molar-refractivity contribution in [2.24, 2.45) is 16.7 Å². The molecule has 2 aliphatic carbocycles. The lowest BCUT2D eigenvalue weighted by molar-refractivity contribution is -0.209. The molecule has 1 aromatic carbocycles. The van der Waals surface area contributed by atoms with Crippen LogP contribution in [0, 0.1) is 22.6 Å². The quantitative estimate of drug-likeness (QED) is 0.372. The van der Waals surface area contributed by atoms with Crippen molar-refractivity contribution in [2.75, 3.05) is 13.7 Å². The number of ether oxygens (including phenoxy) is 2. The van der Waals surface area contributed by atoms with Crippen molar-refractivity contribution in [1.29, 1.82) is 0 Å². The lowest BCUT2D eigenvalue weighted by Crippen LogP contribution is -2.48. The molecule has 2 aliphatic rings. The van der Waals surface area contributed by atoms with Gasteiger partial charge in [-0.1, -0.05) is 6.42 Å². The van der Waals surface area contributed by atoms with E-state index in [-0.39, 0.29) is 17.1 Å². The van der Waals surface area contributed by atoms with E-state index < -0.39 is 65.2 Å². The van der Waals surface area contributed by atoms with Crippen LogP contribution in [-0.4, -0.2) is 54.9 Å². The van der Waals surface area contributed by atoms with Crippen molar-refractivity contribution in [3.8, 4) is 11.5 Å². The Labute approximate surface area is 224 Å². The zero-order valence-electron chi connectivity index (χ0n) is 22.5. The van der Waals surface area contributed by atoms with E-state index in [1.54, 1.807) is 6.92 Å². The molecule has 3 N–H and O–H groups in total. The number of benzene rings is 1. The molecule has 0 aromatic heterocycles. The van der Waals surface area contributed by atoms with Crippen molar-refractivity contribution >= 4 is 17.8 Å². The fourth-order valence-electron chi connectivity index (χ4n) is 4.94. The van der Waals surface area contributed by atoms with Gasteiger partial charge in [0, 0.05) is 18.7 Å². The number of rotatable bonds is 9. The zero-order valence-corrected chi connectivity index (χ0v) is 22.5. The standard InChI is InChI=1S/C27H36F4N2O6/c1-25(2,27(29,30)31)14-32-22(34)16-6-5-7-19(16)33-23(35)17-12-21(18(28)13-20(17)38-4)39-15-8-10-26(3,11-9-15)24(36)37/h12-13,15-16,19H,5-11,14H2,1-4H3,(H,32,34)(H,33,35)(H,36,37). The molecule has 2 atom stereocenters. The van der Waals surface area contributed by atoms with Crippen LogP contribution < -0.4 is 20.1 Å². The molecule has 39 heavy (non-hydrogen) atoms. The van der Waals surface area contributed by atoms with Crippen LogP contribution in [0.2, 0.25) is 0 Å². The van der Waals surface area contributed by atoms with Gasteiger partial charge in [0.2, 0.25) is 5.91 Å². The van der Waals surface area contributed by atoms with Crippen LogP contribution in [0.15, 0.2) is 12.1 Å². The third kappa shape index (κ3) is 6.94. The second kappa shape index (κ2) is 11.6. The maximum atomic E-state index is 14.8. The van der Waals surface area contributed by atoms with Crippen molar-refractivity contribution in [1.82, 2.24) is 10.6 Å². The van der Waals surface area contributed by atoms with Gasteiger partial charge in [-0.05, 0) is 65.4 Å². The summed E-state index contributed by atoms with van der Waals surface area (Å²) in [6.45, 7) is 3.07. The van der Waals surface area contributed by atoms with Gasteiger partial charge in [0.25, 0.3) is 5.91 Å². The molecular formula is C27H36F4N2O6. The Morgan fingerprint density at radius 1 is 1.08 bits per heavy atom. The first kappa shape index (κ1) is 30.5. The Morgan fingerprint density at radius 2 is 1.72 bits per heavy atom. The molecule has 218 valence electrons. The first-order valence-electron chi connectivity index (χ1n) is 13.0. The molecule has 2 saturated carbocycles. The highest BCUT2D eigenvalue weighted by Crippen LogP contribution is 2.39. The fourth-order valence-corrected chi connectivity index (χ4v) is 4.94. The SMILES string of the molecule is COc1cc(F)c(OC2CCC(C)(C(=O)O)CC2)cc1C(=O)NC1CCCC1C(=O)NCC(C)(C)C(F)(F)F. The predicted octanol–water partition coefficient (Wildman–Crippen LogP) is 4.85. The summed E-state index contributed by atoms with van der Waals surface area (Å²) in [6, 6.07) is 1.61. The third-order valence-electron chi connectivity index (χ3n) is 7.99. The van der Waals surface area contributed by atoms with Crippen LogP contribution in [0.4, 0.5) is 17.6 Å². The molecule has 0 aliphatic heterocycles. The number of nitrogens with one attached hydrogen (secondary N) is 2. The predicted molar refractivity (Wildman–Crippen MR) is 133 cm³/mol. The molecule has 1 aromatic rings. The Kier molecular flexibility index (Phi) is 9.06. The van der Waals surface area contributed by atoms with Crippen molar-refractivity contribution in [2.45, 2.75) is 84.0 Å². The van der Waals surface area contributed by atoms with Crippen molar-refractivity contribution in [3.63, 3.8) is 0 Å². The minimum Gasteiger partial charge on any atom is -0.496 e. The van der Waals surface area contributed by atoms with E-state index in [9.17, 15) is 37.1 Å². The maximum Gasteiger partial charge on any atom is 0.395 e. The van der Waals surface area contributed by atoms with Crippen LogP contribution in [-0.2, 0) is 9.59 Å². The Balaban J connectivity index is 1.69. The summed E-state index contributed by atoms with van der Waals surface area (Å²) >= 11 is 0. The normalized spacial score (nSPS) is 25.6. The molecule has 0 radical (unpaired) electrons. The third-order valence-corrected chi connectivity index (χ3v) is 7.99. The number of carboxylic acids is 1. The molecule has 2 amide bonds. The van der Waals surface area contributed by atoms with E-state index >= 15 is 0 Å². The molecule has 0 spiro atoms. The van der Waals surface area contributed by atoms with Crippen LogP contribution in [0.1, 0.15) is 76.1 Å². The van der Waals surface area contributed by atoms with E-state index in [0.717, 1.165) is 19.9 Å². The Hall–Kier alpha value is -3.05. The molecule has 12 heteroatoms. The first-order valence-corrected chi connectivity index (χ1v) is 13.0. The van der Waals surface area contributed by atoms with Crippen molar-refractivity contribution < 1.29 is 46.5 Å². The number of aliphatic carboxylic acids is 1. The number of carbonyl (C=O) groups is 3. The van der Waals surface area contributed by atoms with Crippen LogP contribution in [0.25, 0.3) is 0 Å². The number of halogens is 4. The van der Waals surface area contributed by atoms with Gasteiger partial charge in [-0.2, -0.15) is 13.2 Å². The van der Waals surface area contributed by atoms with E-state index in [2.05, 4.69) is 10.6 Å². The molecule has 0 heterocycles. The summed E-state index contributed by atoms with van der Waals surface area (Å²) in [5, 5.41) is 14.5. The summed E-state index contributed by atoms with van der Waals surface area (Å²) in [6.07, 6.45) is -1.95. The van der Waals surface area contributed by atoms with Crippen LogP contribution in [0.5, 0.6) is 11.5 Å². The fraction of sp³-hybridized carbons (Fsp3) is 0.667. The lowest BCUT2D eigenvalue weighted by Gasteiger charge is -2.34. The van der Waals surface area contributed by atoms with Gasteiger partial charge >= 0.3 is 12.1 Å². The summed E-state index contributed by atoms with van der Waals surface area (Å²) < 4.78 is 65.3. The summed E-state index contributed by atoms with van der Waals surface area (Å²) in [4.78, 5) is 37.4. The van der Waals surface area contributed by atoms with E-state index in [1.807, 2.05) is 0 Å². The molecule has 8 nitrogen and oxygen atoms in total. The molecular weight excluding hydrogens is 524 g/mol. The highest BCUT2D eigenvalue weighted by molar-refractivity contribution is 5.98. The summed E-state index contributed by atoms with van der Waals surface area (Å²) in [5.41, 5.74) is -3.00. The van der Waals surface area contributed by atoms with Gasteiger partial charge in [-0.15, -0.1) is 0 Å². The smallest absolute Gasteiger partial charge is 0.395 e. The van der Waals surface area contributed by atoms with Crippen molar-refractivity contribution in [3.05, 3.63) is 23.5 Å². The average Bonchev–Trinajstić information content (AvgIpc) is 3.32. The molecule has 3 rings (SSSR count). The minimum atomic E-state index is -4.49. The summed E-state index contributed by atoms with van der Waals surface area (Å²) in [5.74, 6) is -3.80. The lowest BCUT2D eigenvalue weighted by atomic mass is 9.75. The average molecular weight is 561 g/mol. The van der Waals surface area contributed by atoms with Gasteiger partial charge in [-0.25, -0.2) is 4.39 Å². The number of alkyl halides is 3. The number of hydrogen-bond donors (Lipinski definition) is 3. The van der Waals surface area contributed by atoms with Gasteiger partial charge in [-0.3, -0.25) is 14.4 Å². The highest BCUT2D eigenvalue weighted by atomic mass is 19.4. The molecule has 0 saturated heterocycles. The molecule has 2 unspecified atom stereocenters. The minimum absolute atomic E-state index is 0.0238. The number of carbonyl (C=O) groups excluding carboxylic acids is 2. The van der Waals surface area contributed by atoms with Gasteiger partial charge in [0.1, 0.15) is 5.75 Å². The maximum absolute atomic E-state index is 14.8. The Bertz CT molecular complexity index is 1080. The van der Waals surface area contributed by atoms with Crippen LogP contribution in [0.3, 0.4) is 0 Å². The highest BCUT2D eigenvalue weighted by Gasteiger charge is 2.48. The molecule has 0 bridgehead atoms. The largest absolute Gasteiger partial charge is 0.496 e.